The van der Waals surface area contributed by atoms with Crippen LogP contribution in [0.25, 0.3) is 0 Å². The molecule has 0 radical (unpaired) electrons. The second-order valence-electron chi connectivity index (χ2n) is 12.6. The zero-order valence-corrected chi connectivity index (χ0v) is 24.3. The van der Waals surface area contributed by atoms with Crippen molar-refractivity contribution in [3.05, 3.63) is 0 Å². The highest BCUT2D eigenvalue weighted by Gasteiger charge is 2.24. The Morgan fingerprint density at radius 3 is 0.972 bits per heavy atom. The normalized spacial score (nSPS) is 18.6. The van der Waals surface area contributed by atoms with Crippen molar-refractivity contribution in [3.8, 4) is 0 Å². The molecule has 0 aromatic heterocycles. The first kappa shape index (κ1) is 32.3. The maximum atomic E-state index is 12.6. The SMILES string of the molecule is CC(C)(C)OC(=O)CN1CCCCCN(CC(=O)OC(C)(C)C)CCN(CC(=O)OC(C)(C)C)CC1. The van der Waals surface area contributed by atoms with Crippen LogP contribution in [-0.2, 0) is 28.6 Å². The van der Waals surface area contributed by atoms with E-state index in [-0.39, 0.29) is 37.5 Å². The largest absolute Gasteiger partial charge is 0.459 e. The zero-order valence-electron chi connectivity index (χ0n) is 24.3. The molecular weight excluding hydrogens is 462 g/mol. The predicted octanol–water partition coefficient (Wildman–Crippen LogP) is 3.10. The Bertz CT molecular complexity index is 662. The molecule has 1 aliphatic heterocycles. The number of esters is 3. The molecule has 36 heavy (non-hydrogen) atoms. The van der Waals surface area contributed by atoms with Gasteiger partial charge in [-0.05, 0) is 88.2 Å². The third kappa shape index (κ3) is 16.9. The van der Waals surface area contributed by atoms with Crippen molar-refractivity contribution >= 4 is 17.9 Å². The summed E-state index contributed by atoms with van der Waals surface area (Å²) in [5, 5.41) is 0. The summed E-state index contributed by atoms with van der Waals surface area (Å²) in [6.45, 7) is 21.4. The fourth-order valence-electron chi connectivity index (χ4n) is 3.89. The summed E-state index contributed by atoms with van der Waals surface area (Å²) in [6, 6.07) is 0. The van der Waals surface area contributed by atoms with Crippen LogP contribution < -0.4 is 0 Å². The molecule has 0 unspecified atom stereocenters. The second-order valence-corrected chi connectivity index (χ2v) is 12.6. The highest BCUT2D eigenvalue weighted by Crippen LogP contribution is 2.12. The molecule has 1 rings (SSSR count). The minimum absolute atomic E-state index is 0.151. The molecule has 1 aliphatic rings. The molecule has 1 saturated heterocycles. The van der Waals surface area contributed by atoms with Gasteiger partial charge in [-0.25, -0.2) is 0 Å². The third-order valence-electron chi connectivity index (χ3n) is 5.23. The van der Waals surface area contributed by atoms with Crippen molar-refractivity contribution in [2.75, 3.05) is 58.9 Å². The number of carbonyl (C=O) groups is 3. The third-order valence-corrected chi connectivity index (χ3v) is 5.23. The summed E-state index contributed by atoms with van der Waals surface area (Å²) in [7, 11) is 0. The summed E-state index contributed by atoms with van der Waals surface area (Å²) in [6.07, 6.45) is 2.88. The van der Waals surface area contributed by atoms with Gasteiger partial charge >= 0.3 is 17.9 Å². The number of nitrogens with zero attached hydrogens (tertiary/aromatic N) is 3. The minimum atomic E-state index is -0.560. The van der Waals surface area contributed by atoms with Crippen molar-refractivity contribution < 1.29 is 28.6 Å². The first-order valence-electron chi connectivity index (χ1n) is 13.2. The Balaban J connectivity index is 2.89. The summed E-state index contributed by atoms with van der Waals surface area (Å²) in [5.41, 5.74) is -1.61. The van der Waals surface area contributed by atoms with Gasteiger partial charge in [0.1, 0.15) is 16.8 Å². The Labute approximate surface area is 218 Å². The lowest BCUT2D eigenvalue weighted by Crippen LogP contribution is -2.46. The van der Waals surface area contributed by atoms with Gasteiger partial charge in [0.15, 0.2) is 0 Å². The van der Waals surface area contributed by atoms with Crippen molar-refractivity contribution in [3.63, 3.8) is 0 Å². The lowest BCUT2D eigenvalue weighted by Gasteiger charge is -2.32. The summed E-state index contributed by atoms with van der Waals surface area (Å²) in [5.74, 6) is -0.763. The number of hydrogen-bond donors (Lipinski definition) is 0. The molecule has 1 fully saturated rings. The standard InChI is InChI=1S/C27H51N3O6/c1-25(2,3)34-22(31)19-28-13-11-10-12-14-29(20-23(32)35-26(4,5)6)16-18-30(17-15-28)21-24(33)36-27(7,8)9/h10-21H2,1-9H3. The number of hydrogen-bond acceptors (Lipinski definition) is 9. The monoisotopic (exact) mass is 513 g/mol. The Morgan fingerprint density at radius 2 is 0.722 bits per heavy atom. The fraction of sp³-hybridized carbons (Fsp3) is 0.889. The van der Waals surface area contributed by atoms with E-state index in [4.69, 9.17) is 14.2 Å². The maximum Gasteiger partial charge on any atom is 0.320 e. The van der Waals surface area contributed by atoms with Gasteiger partial charge in [-0.1, -0.05) is 6.42 Å². The van der Waals surface area contributed by atoms with Gasteiger partial charge in [-0.15, -0.1) is 0 Å². The molecule has 0 aromatic rings. The van der Waals surface area contributed by atoms with Crippen LogP contribution in [0.3, 0.4) is 0 Å². The van der Waals surface area contributed by atoms with Crippen LogP contribution in [0.15, 0.2) is 0 Å². The fourth-order valence-corrected chi connectivity index (χ4v) is 3.89. The number of rotatable bonds is 6. The van der Waals surface area contributed by atoms with Crippen LogP contribution in [0.5, 0.6) is 0 Å². The molecule has 210 valence electrons. The molecule has 9 nitrogen and oxygen atoms in total. The van der Waals surface area contributed by atoms with Crippen LogP contribution in [0.1, 0.15) is 81.6 Å². The summed E-state index contributed by atoms with van der Waals surface area (Å²) >= 11 is 0. The van der Waals surface area contributed by atoms with Gasteiger partial charge in [0, 0.05) is 26.2 Å². The molecule has 0 aromatic carbocycles. The highest BCUT2D eigenvalue weighted by atomic mass is 16.6. The lowest BCUT2D eigenvalue weighted by atomic mass is 10.2. The Morgan fingerprint density at radius 1 is 0.472 bits per heavy atom. The lowest BCUT2D eigenvalue weighted by molar-refractivity contribution is -0.158. The topological polar surface area (TPSA) is 88.6 Å². The van der Waals surface area contributed by atoms with Gasteiger partial charge in [-0.2, -0.15) is 0 Å². The number of carbonyl (C=O) groups excluding carboxylic acids is 3. The van der Waals surface area contributed by atoms with Gasteiger partial charge in [0.25, 0.3) is 0 Å². The average Bonchev–Trinajstić information content (AvgIpc) is 2.63. The molecule has 0 atom stereocenters. The molecule has 0 saturated carbocycles. The molecular formula is C27H51N3O6. The van der Waals surface area contributed by atoms with Gasteiger partial charge < -0.3 is 14.2 Å². The maximum absolute atomic E-state index is 12.6. The van der Waals surface area contributed by atoms with E-state index in [1.165, 1.54) is 0 Å². The van der Waals surface area contributed by atoms with E-state index in [0.717, 1.165) is 32.4 Å². The van der Waals surface area contributed by atoms with Crippen LogP contribution in [0.4, 0.5) is 0 Å². The predicted molar refractivity (Wildman–Crippen MR) is 141 cm³/mol. The van der Waals surface area contributed by atoms with E-state index in [1.54, 1.807) is 0 Å². The van der Waals surface area contributed by atoms with Gasteiger partial charge in [-0.3, -0.25) is 29.1 Å². The van der Waals surface area contributed by atoms with Crippen LogP contribution >= 0.6 is 0 Å². The van der Waals surface area contributed by atoms with Gasteiger partial charge in [0.05, 0.1) is 19.6 Å². The summed E-state index contributed by atoms with van der Waals surface area (Å²) < 4.78 is 16.6. The molecule has 9 heteroatoms. The quantitative estimate of drug-likeness (QED) is 0.393. The number of ether oxygens (including phenoxy) is 3. The van der Waals surface area contributed by atoms with Crippen molar-refractivity contribution in [1.82, 2.24) is 14.7 Å². The van der Waals surface area contributed by atoms with E-state index in [0.29, 0.717) is 26.2 Å². The molecule has 0 bridgehead atoms. The van der Waals surface area contributed by atoms with Crippen molar-refractivity contribution in [1.29, 1.82) is 0 Å². The van der Waals surface area contributed by atoms with E-state index in [2.05, 4.69) is 9.80 Å². The van der Waals surface area contributed by atoms with E-state index in [1.807, 2.05) is 67.2 Å². The first-order valence-corrected chi connectivity index (χ1v) is 13.2. The Kier molecular flexibility index (Phi) is 12.8. The average molecular weight is 514 g/mol. The van der Waals surface area contributed by atoms with Crippen LogP contribution in [0, 0.1) is 0 Å². The van der Waals surface area contributed by atoms with Crippen LogP contribution in [-0.4, -0.2) is 108 Å². The second kappa shape index (κ2) is 14.3. The molecule has 0 amide bonds. The van der Waals surface area contributed by atoms with Gasteiger partial charge in [0.2, 0.25) is 0 Å². The van der Waals surface area contributed by atoms with Crippen LogP contribution in [0.2, 0.25) is 0 Å². The Hall–Kier alpha value is -1.71. The highest BCUT2D eigenvalue weighted by molar-refractivity contribution is 5.73. The minimum Gasteiger partial charge on any atom is -0.459 e. The molecule has 0 spiro atoms. The van der Waals surface area contributed by atoms with Crippen molar-refractivity contribution in [2.45, 2.75) is 98.4 Å². The summed E-state index contributed by atoms with van der Waals surface area (Å²) in [4.78, 5) is 43.8. The molecule has 0 aliphatic carbocycles. The van der Waals surface area contributed by atoms with E-state index >= 15 is 0 Å². The van der Waals surface area contributed by atoms with E-state index < -0.39 is 16.8 Å². The smallest absolute Gasteiger partial charge is 0.320 e. The van der Waals surface area contributed by atoms with E-state index in [9.17, 15) is 14.4 Å². The first-order chi connectivity index (χ1) is 16.4. The zero-order chi connectivity index (χ0) is 27.6. The molecule has 1 heterocycles. The molecule has 0 N–H and O–H groups in total. The van der Waals surface area contributed by atoms with Crippen molar-refractivity contribution in [2.24, 2.45) is 0 Å².